The van der Waals surface area contributed by atoms with Crippen molar-refractivity contribution < 1.29 is 24.0 Å². The van der Waals surface area contributed by atoms with Crippen molar-refractivity contribution in [3.8, 4) is 11.3 Å². The summed E-state index contributed by atoms with van der Waals surface area (Å²) in [6.07, 6.45) is 16.3. The van der Waals surface area contributed by atoms with Crippen molar-refractivity contribution in [2.45, 2.75) is 140 Å². The van der Waals surface area contributed by atoms with E-state index in [1.165, 1.54) is 19.3 Å². The van der Waals surface area contributed by atoms with Gasteiger partial charge in [0.05, 0.1) is 28.9 Å². The van der Waals surface area contributed by atoms with Gasteiger partial charge >= 0.3 is 0 Å². The van der Waals surface area contributed by atoms with Crippen LogP contribution in [-0.2, 0) is 29.4 Å². The minimum Gasteiger partial charge on any atom is -0.366 e. The number of rotatable bonds is 14. The van der Waals surface area contributed by atoms with Crippen molar-refractivity contribution in [2.75, 3.05) is 67.5 Å². The highest BCUT2D eigenvalue weighted by Crippen LogP contribution is 2.55. The van der Waals surface area contributed by atoms with Crippen LogP contribution in [0.15, 0.2) is 48.9 Å². The normalized spacial score (nSPS) is 26.4. The molecule has 8 aliphatic rings. The van der Waals surface area contributed by atoms with Gasteiger partial charge in [0.2, 0.25) is 30.0 Å². The van der Waals surface area contributed by atoms with Crippen molar-refractivity contribution in [1.29, 1.82) is 0 Å². The number of nitrogens with zero attached hydrogens (tertiary/aromatic N) is 9. The molecule has 4 saturated heterocycles. The Bertz CT molecular complexity index is 2730. The maximum absolute atomic E-state index is 15.2. The summed E-state index contributed by atoms with van der Waals surface area (Å²) in [5, 5.41) is 5.99. The van der Waals surface area contributed by atoms with E-state index in [-0.39, 0.29) is 59.4 Å². The van der Waals surface area contributed by atoms with Crippen LogP contribution in [0.5, 0.6) is 0 Å². The summed E-state index contributed by atoms with van der Waals surface area (Å²) in [6, 6.07) is 13.9. The molecule has 12 rings (SSSR count). The fourth-order valence-electron chi connectivity index (χ4n) is 13.8. The zero-order valence-electron chi connectivity index (χ0n) is 42.3. The zero-order valence-corrected chi connectivity index (χ0v) is 42.3. The molecule has 5 amide bonds. The summed E-state index contributed by atoms with van der Waals surface area (Å²) in [5.74, 6) is 1.85. The van der Waals surface area contributed by atoms with Crippen LogP contribution in [0.3, 0.4) is 0 Å². The lowest BCUT2D eigenvalue weighted by Crippen LogP contribution is -2.58. The van der Waals surface area contributed by atoms with E-state index < -0.39 is 11.3 Å². The van der Waals surface area contributed by atoms with Crippen LogP contribution < -0.4 is 20.4 Å². The maximum atomic E-state index is 15.2. The van der Waals surface area contributed by atoms with Gasteiger partial charge in [0.25, 0.3) is 0 Å². The molecule has 7 fully saturated rings. The van der Waals surface area contributed by atoms with E-state index in [1.807, 2.05) is 35.2 Å². The van der Waals surface area contributed by atoms with E-state index in [1.54, 1.807) is 6.20 Å². The van der Waals surface area contributed by atoms with Crippen LogP contribution in [0.2, 0.25) is 0 Å². The maximum Gasteiger partial charge on any atom is 0.238 e. The summed E-state index contributed by atoms with van der Waals surface area (Å²) in [6.45, 7) is 12.5. The average Bonchev–Trinajstić information content (AvgIpc) is 4.20. The first-order chi connectivity index (χ1) is 35.0. The largest absolute Gasteiger partial charge is 0.366 e. The molecule has 4 aromatic rings. The van der Waals surface area contributed by atoms with Gasteiger partial charge in [0.1, 0.15) is 11.3 Å². The van der Waals surface area contributed by atoms with Gasteiger partial charge in [-0.15, -0.1) is 0 Å². The predicted octanol–water partition coefficient (Wildman–Crippen LogP) is 6.65. The molecule has 1 spiro atoms. The monoisotopic (exact) mass is 978 g/mol. The van der Waals surface area contributed by atoms with Crippen LogP contribution in [-0.4, -0.2) is 135 Å². The minimum atomic E-state index is -0.668. The molecule has 3 aliphatic carbocycles. The number of benzene rings is 1. The molecule has 0 bridgehead atoms. The number of imide groups is 1. The average molecular weight is 978 g/mol. The number of carbonyl (C=O) groups is 5. The number of hydrogen-bond acceptors (Lipinski definition) is 11. The van der Waals surface area contributed by atoms with E-state index in [9.17, 15) is 19.2 Å². The van der Waals surface area contributed by atoms with Crippen molar-refractivity contribution >= 4 is 58.4 Å². The molecule has 3 unspecified atom stereocenters. The summed E-state index contributed by atoms with van der Waals surface area (Å²) in [4.78, 5) is 92.7. The Hall–Kier alpha value is -5.90. The second kappa shape index (κ2) is 18.9. The molecule has 1 aromatic carbocycles. The first-order valence-electron chi connectivity index (χ1n) is 27.4. The zero-order chi connectivity index (χ0) is 49.4. The molecular formula is C56H71N11O5. The quantitative estimate of drug-likeness (QED) is 0.130. The highest BCUT2D eigenvalue weighted by molar-refractivity contribution is 6.09. The van der Waals surface area contributed by atoms with Gasteiger partial charge in [0, 0.05) is 92.7 Å². The molecule has 5 aliphatic heterocycles. The first kappa shape index (κ1) is 47.1. The molecule has 3 aromatic heterocycles. The lowest BCUT2D eigenvalue weighted by molar-refractivity contribution is -0.140. The molecule has 3 atom stereocenters. The number of piperidine rings is 4. The van der Waals surface area contributed by atoms with E-state index in [2.05, 4.69) is 73.0 Å². The lowest BCUT2D eigenvalue weighted by Gasteiger charge is -2.48. The van der Waals surface area contributed by atoms with Gasteiger partial charge < -0.3 is 34.4 Å². The number of amides is 5. The molecule has 2 N–H and O–H groups in total. The van der Waals surface area contributed by atoms with Crippen LogP contribution >= 0.6 is 0 Å². The number of carbonyl (C=O) groups excluding carboxylic acids is 5. The number of pyridine rings is 2. The number of hydrogen-bond donors (Lipinski definition) is 2. The van der Waals surface area contributed by atoms with Crippen molar-refractivity contribution in [2.24, 2.45) is 23.7 Å². The summed E-state index contributed by atoms with van der Waals surface area (Å²) in [5.41, 5.74) is 6.03. The van der Waals surface area contributed by atoms with Crippen molar-refractivity contribution in [3.63, 3.8) is 0 Å². The molecular weight excluding hydrogens is 907 g/mol. The summed E-state index contributed by atoms with van der Waals surface area (Å²) in [7, 11) is 0. The van der Waals surface area contributed by atoms with E-state index in [0.717, 1.165) is 109 Å². The van der Waals surface area contributed by atoms with Crippen LogP contribution in [0, 0.1) is 23.7 Å². The Balaban J connectivity index is 0.695. The van der Waals surface area contributed by atoms with Crippen LogP contribution in [0.1, 0.15) is 127 Å². The number of aromatic nitrogens is 4. The second-order valence-electron chi connectivity index (χ2n) is 22.9. The third-order valence-electron chi connectivity index (χ3n) is 18.2. The molecule has 0 radical (unpaired) electrons. The SMILES string of the molecule is CCCC(C(=O)NC=O)c1ccc(N2CCC(C(=O)N3CC4C(C3)C4C(=O)N3CCC4(CC3)C(=O)N(C3CC(N5CCCCC5)C3)c3cc(-c5cc6ncn(C(C)C)c6c(NC6CC6)n5)ccc34)CC2)nc1. The molecule has 16 nitrogen and oxygen atoms in total. The van der Waals surface area contributed by atoms with Crippen molar-refractivity contribution in [1.82, 2.24) is 39.5 Å². The Labute approximate surface area is 422 Å². The van der Waals surface area contributed by atoms with Gasteiger partial charge in [-0.05, 0) is 139 Å². The molecule has 16 heteroatoms. The van der Waals surface area contributed by atoms with Gasteiger partial charge in [-0.3, -0.25) is 29.3 Å². The Morgan fingerprint density at radius 1 is 0.847 bits per heavy atom. The highest BCUT2D eigenvalue weighted by atomic mass is 16.2. The van der Waals surface area contributed by atoms with E-state index in [0.29, 0.717) is 77.0 Å². The summed E-state index contributed by atoms with van der Waals surface area (Å²) < 4.78 is 2.20. The summed E-state index contributed by atoms with van der Waals surface area (Å²) >= 11 is 0. The molecule has 3 saturated carbocycles. The number of fused-ring (bicyclic) bond motifs is 4. The second-order valence-corrected chi connectivity index (χ2v) is 22.9. The highest BCUT2D eigenvalue weighted by Gasteiger charge is 2.62. The Kier molecular flexibility index (Phi) is 12.3. The van der Waals surface area contributed by atoms with Gasteiger partial charge in [-0.2, -0.15) is 0 Å². The molecule has 72 heavy (non-hydrogen) atoms. The standard InChI is InChI=1S/C56H71N11O5/c1-4-8-41(52(69)59-33-68)37-10-14-48(57-29-37)63-21-15-35(16-22-63)53(70)65-30-42-43(31-65)49(42)54(71)64-23-17-56(18-24-64)44-13-9-36(25-47(44)67(55(56)72)40-26-39(27-40)62-19-6-5-7-20-62)45-28-46-50(66(32-58-46)34(2)3)51(61-45)60-38-11-12-38/h9-10,13-14,25,28-29,32-35,38-43,49H,4-8,11-12,15-24,26-27,30-31H2,1-3H3,(H,60,61)(H,59,68,69). The van der Waals surface area contributed by atoms with E-state index in [4.69, 9.17) is 9.97 Å². The third kappa shape index (κ3) is 8.32. The number of anilines is 3. The van der Waals surface area contributed by atoms with Crippen LogP contribution in [0.4, 0.5) is 17.3 Å². The fourth-order valence-corrected chi connectivity index (χ4v) is 13.8. The lowest BCUT2D eigenvalue weighted by atomic mass is 9.73. The minimum absolute atomic E-state index is 0.0520. The number of imidazole rings is 1. The van der Waals surface area contributed by atoms with Crippen molar-refractivity contribution in [3.05, 3.63) is 60.0 Å². The Morgan fingerprint density at radius 2 is 1.60 bits per heavy atom. The first-order valence-corrected chi connectivity index (χ1v) is 27.4. The topological polar surface area (TPSA) is 169 Å². The van der Waals surface area contributed by atoms with E-state index >= 15 is 4.79 Å². The smallest absolute Gasteiger partial charge is 0.238 e. The van der Waals surface area contributed by atoms with Crippen LogP contribution in [0.25, 0.3) is 22.3 Å². The third-order valence-corrected chi connectivity index (χ3v) is 18.2. The number of nitrogens with one attached hydrogen (secondary N) is 2. The molecule has 8 heterocycles. The van der Waals surface area contributed by atoms with Gasteiger partial charge in [0.15, 0.2) is 5.82 Å². The Morgan fingerprint density at radius 3 is 2.26 bits per heavy atom. The fraction of sp³-hybridized carbons (Fsp3) is 0.607. The predicted molar refractivity (Wildman–Crippen MR) is 275 cm³/mol. The van der Waals surface area contributed by atoms with Gasteiger partial charge in [-0.1, -0.05) is 38.0 Å². The number of likely N-dealkylation sites (tertiary alicyclic amines) is 3. The molecule has 380 valence electrons. The van der Waals surface area contributed by atoms with Gasteiger partial charge in [-0.25, -0.2) is 15.0 Å².